The van der Waals surface area contributed by atoms with Crippen molar-refractivity contribution in [3.05, 3.63) is 89.5 Å². The highest BCUT2D eigenvalue weighted by Crippen LogP contribution is 2.51. The molecule has 0 bridgehead atoms. The summed E-state index contributed by atoms with van der Waals surface area (Å²) in [5.74, 6) is -1.34. The summed E-state index contributed by atoms with van der Waals surface area (Å²) >= 11 is 1.44. The number of hydrogen-bond acceptors (Lipinski definition) is 5. The van der Waals surface area contributed by atoms with Crippen molar-refractivity contribution < 1.29 is 23.1 Å². The molecule has 0 aromatic heterocycles. The number of hydrogen-bond donors (Lipinski definition) is 1. The Bertz CT molecular complexity index is 1310. The third-order valence-electron chi connectivity index (χ3n) is 6.72. The normalized spacial score (nSPS) is 22.4. The minimum absolute atomic E-state index is 0.162. The van der Waals surface area contributed by atoms with Crippen molar-refractivity contribution in [2.24, 2.45) is 5.92 Å². The van der Waals surface area contributed by atoms with Crippen molar-refractivity contribution in [1.29, 1.82) is 0 Å². The number of carboxylic acids is 1. The summed E-state index contributed by atoms with van der Waals surface area (Å²) in [5.41, 5.74) is 2.68. The van der Waals surface area contributed by atoms with Crippen LogP contribution >= 0.6 is 11.8 Å². The molecule has 1 aliphatic heterocycles. The lowest BCUT2D eigenvalue weighted by molar-refractivity contribution is -0.142. The highest BCUT2D eigenvalue weighted by molar-refractivity contribution is 8.00. The average Bonchev–Trinajstić information content (AvgIpc) is 3.20. The number of benzene rings is 3. The van der Waals surface area contributed by atoms with Gasteiger partial charge in [-0.1, -0.05) is 54.4 Å². The Labute approximate surface area is 217 Å². The molecule has 1 aliphatic rings. The summed E-state index contributed by atoms with van der Waals surface area (Å²) < 4.78 is 35.0. The number of methoxy groups -OCH3 is 1. The summed E-state index contributed by atoms with van der Waals surface area (Å²) in [4.78, 5) is 13.9. The van der Waals surface area contributed by atoms with E-state index in [1.165, 1.54) is 16.1 Å². The number of thioether (sulfide) groups is 1. The first-order valence-electron chi connectivity index (χ1n) is 11.9. The number of carboxylic acid groups (broad SMARTS) is 1. The molecular formula is C28H31NO5S2. The van der Waals surface area contributed by atoms with Crippen LogP contribution < -0.4 is 4.74 Å². The Morgan fingerprint density at radius 1 is 0.944 bits per heavy atom. The van der Waals surface area contributed by atoms with Crippen molar-refractivity contribution in [2.45, 2.75) is 54.3 Å². The van der Waals surface area contributed by atoms with Gasteiger partial charge < -0.3 is 9.84 Å². The van der Waals surface area contributed by atoms with Crippen LogP contribution in [0.25, 0.3) is 0 Å². The van der Waals surface area contributed by atoms with Crippen LogP contribution in [0.4, 0.5) is 0 Å². The van der Waals surface area contributed by atoms with E-state index in [4.69, 9.17) is 4.74 Å². The Morgan fingerprint density at radius 2 is 1.50 bits per heavy atom. The molecule has 0 saturated carbocycles. The van der Waals surface area contributed by atoms with Crippen LogP contribution in [0.15, 0.2) is 82.6 Å². The van der Waals surface area contributed by atoms with E-state index in [-0.39, 0.29) is 4.90 Å². The molecule has 1 fully saturated rings. The smallest absolute Gasteiger partial charge is 0.309 e. The zero-order valence-electron chi connectivity index (χ0n) is 20.8. The standard InChI is InChI=1S/C28H31NO5S2/c1-5-24-27(35-22-14-6-18(2)7-15-22)25(28(30)31)26(20-10-12-21(34-4)13-11-20)29(24)36(32,33)23-16-8-19(3)9-17-23/h6-17,24-27H,5H2,1-4H3,(H,30,31)/t24-,25+,26+,27-/m1/s1. The third kappa shape index (κ3) is 5.03. The lowest BCUT2D eigenvalue weighted by atomic mass is 9.93. The monoisotopic (exact) mass is 525 g/mol. The van der Waals surface area contributed by atoms with E-state index in [9.17, 15) is 18.3 Å². The molecule has 1 heterocycles. The Morgan fingerprint density at radius 3 is 2.00 bits per heavy atom. The molecule has 0 aliphatic carbocycles. The highest BCUT2D eigenvalue weighted by atomic mass is 32.2. The largest absolute Gasteiger partial charge is 0.497 e. The highest BCUT2D eigenvalue weighted by Gasteiger charge is 2.57. The maximum absolute atomic E-state index is 14.1. The molecule has 3 aromatic carbocycles. The van der Waals surface area contributed by atoms with Crippen LogP contribution in [-0.2, 0) is 14.8 Å². The molecule has 4 atom stereocenters. The fourth-order valence-electron chi connectivity index (χ4n) is 4.86. The van der Waals surface area contributed by atoms with E-state index in [0.29, 0.717) is 17.7 Å². The zero-order chi connectivity index (χ0) is 26.0. The van der Waals surface area contributed by atoms with Crippen LogP contribution in [0.5, 0.6) is 5.75 Å². The van der Waals surface area contributed by atoms with Gasteiger partial charge in [-0.05, 0) is 62.2 Å². The predicted octanol–water partition coefficient (Wildman–Crippen LogP) is 5.70. The van der Waals surface area contributed by atoms with Crippen molar-refractivity contribution in [3.8, 4) is 5.75 Å². The summed E-state index contributed by atoms with van der Waals surface area (Å²) in [6.07, 6.45) is 0.477. The maximum Gasteiger partial charge on any atom is 0.309 e. The zero-order valence-corrected chi connectivity index (χ0v) is 22.4. The number of aliphatic carboxylic acids is 1. The summed E-state index contributed by atoms with van der Waals surface area (Å²) in [5, 5.41) is 10.00. The molecule has 4 rings (SSSR count). The van der Waals surface area contributed by atoms with Gasteiger partial charge in [-0.25, -0.2) is 8.42 Å². The number of nitrogens with zero attached hydrogens (tertiary/aromatic N) is 1. The molecular weight excluding hydrogens is 494 g/mol. The second-order valence-electron chi connectivity index (χ2n) is 9.10. The van der Waals surface area contributed by atoms with Crippen molar-refractivity contribution in [2.75, 3.05) is 7.11 Å². The van der Waals surface area contributed by atoms with Gasteiger partial charge in [0.15, 0.2) is 0 Å². The minimum Gasteiger partial charge on any atom is -0.497 e. The van der Waals surface area contributed by atoms with Crippen molar-refractivity contribution in [3.63, 3.8) is 0 Å². The summed E-state index contributed by atoms with van der Waals surface area (Å²) in [7, 11) is -2.45. The van der Waals surface area contributed by atoms with E-state index in [2.05, 4.69) is 0 Å². The SMILES string of the molecule is CC[C@@H]1[C@@H](Sc2ccc(C)cc2)[C@@H](C(=O)O)[C@H](c2ccc(OC)cc2)N1S(=O)(=O)c1ccc(C)cc1. The van der Waals surface area contributed by atoms with E-state index < -0.39 is 39.2 Å². The fourth-order valence-corrected chi connectivity index (χ4v) is 8.35. The first kappa shape index (κ1) is 26.3. The van der Waals surface area contributed by atoms with E-state index in [1.807, 2.05) is 45.0 Å². The van der Waals surface area contributed by atoms with Crippen LogP contribution in [0.3, 0.4) is 0 Å². The molecule has 1 N–H and O–H groups in total. The molecule has 1 saturated heterocycles. The van der Waals surface area contributed by atoms with Gasteiger partial charge in [0.2, 0.25) is 10.0 Å². The Kier molecular flexibility index (Phi) is 7.78. The van der Waals surface area contributed by atoms with E-state index in [1.54, 1.807) is 55.6 Å². The van der Waals surface area contributed by atoms with Gasteiger partial charge in [0.1, 0.15) is 5.75 Å². The minimum atomic E-state index is -4.00. The molecule has 0 unspecified atom stereocenters. The fraction of sp³-hybridized carbons (Fsp3) is 0.321. The molecule has 36 heavy (non-hydrogen) atoms. The number of rotatable bonds is 8. The van der Waals surface area contributed by atoms with E-state index in [0.717, 1.165) is 16.0 Å². The molecule has 0 radical (unpaired) electrons. The molecule has 3 aromatic rings. The number of aryl methyl sites for hydroxylation is 2. The van der Waals surface area contributed by atoms with E-state index >= 15 is 0 Å². The van der Waals surface area contributed by atoms with Gasteiger partial charge >= 0.3 is 5.97 Å². The van der Waals surface area contributed by atoms with Gasteiger partial charge in [0.05, 0.1) is 24.0 Å². The van der Waals surface area contributed by atoms with Gasteiger partial charge in [-0.3, -0.25) is 4.79 Å². The second-order valence-corrected chi connectivity index (χ2v) is 12.2. The molecule has 8 heteroatoms. The summed E-state index contributed by atoms with van der Waals surface area (Å²) in [6, 6.07) is 20.2. The molecule has 0 spiro atoms. The number of ether oxygens (including phenoxy) is 1. The van der Waals surface area contributed by atoms with Gasteiger partial charge in [-0.2, -0.15) is 4.31 Å². The lowest BCUT2D eigenvalue weighted by Gasteiger charge is -2.30. The quantitative estimate of drug-likeness (QED) is 0.406. The predicted molar refractivity (Wildman–Crippen MR) is 142 cm³/mol. The van der Waals surface area contributed by atoms with Crippen molar-refractivity contribution in [1.82, 2.24) is 4.31 Å². The summed E-state index contributed by atoms with van der Waals surface area (Å²) in [6.45, 7) is 5.81. The first-order valence-corrected chi connectivity index (χ1v) is 14.2. The lowest BCUT2D eigenvalue weighted by Crippen LogP contribution is -2.39. The van der Waals surface area contributed by atoms with Gasteiger partial charge in [0.25, 0.3) is 0 Å². The Balaban J connectivity index is 1.88. The van der Waals surface area contributed by atoms with Crippen LogP contribution in [-0.4, -0.2) is 42.2 Å². The van der Waals surface area contributed by atoms with Gasteiger partial charge in [0, 0.05) is 16.2 Å². The van der Waals surface area contributed by atoms with Crippen LogP contribution in [0.1, 0.15) is 36.1 Å². The van der Waals surface area contributed by atoms with Crippen LogP contribution in [0.2, 0.25) is 0 Å². The van der Waals surface area contributed by atoms with Crippen LogP contribution in [0, 0.1) is 19.8 Å². The van der Waals surface area contributed by atoms with Gasteiger partial charge in [-0.15, -0.1) is 11.8 Å². The first-order chi connectivity index (χ1) is 17.2. The molecule has 190 valence electrons. The topological polar surface area (TPSA) is 83.9 Å². The Hall–Kier alpha value is -2.81. The second kappa shape index (κ2) is 10.7. The molecule has 0 amide bonds. The molecule has 6 nitrogen and oxygen atoms in total. The van der Waals surface area contributed by atoms with Crippen molar-refractivity contribution >= 4 is 27.8 Å². The maximum atomic E-state index is 14.1. The third-order valence-corrected chi connectivity index (χ3v) is 10.1. The number of sulfonamides is 1. The number of carbonyl (C=O) groups is 1. The average molecular weight is 526 g/mol.